The van der Waals surface area contributed by atoms with Gasteiger partial charge in [-0.25, -0.2) is 0 Å². The molecule has 0 aliphatic carbocycles. The van der Waals surface area contributed by atoms with Crippen molar-refractivity contribution in [2.75, 3.05) is 40.8 Å². The number of rotatable bonds is 11. The fourth-order valence-electron chi connectivity index (χ4n) is 5.20. The Morgan fingerprint density at radius 3 is 2.20 bits per heavy atom. The van der Waals surface area contributed by atoms with Crippen molar-refractivity contribution in [3.05, 3.63) is 83.9 Å². The summed E-state index contributed by atoms with van der Waals surface area (Å²) < 4.78 is 5.93. The van der Waals surface area contributed by atoms with E-state index in [0.29, 0.717) is 12.8 Å². The molecular formula is C32H40N4O4. The van der Waals surface area contributed by atoms with E-state index in [1.165, 1.54) is 9.80 Å². The summed E-state index contributed by atoms with van der Waals surface area (Å²) in [7, 11) is 4.86. The molecule has 1 aliphatic rings. The maximum absolute atomic E-state index is 14.1. The molecule has 0 aromatic heterocycles. The van der Waals surface area contributed by atoms with Gasteiger partial charge in [-0.15, -0.1) is 0 Å². The number of likely N-dealkylation sites (N-methyl/N-ethyl adjacent to an activating group) is 3. The largest absolute Gasteiger partial charge is 0.368 e. The van der Waals surface area contributed by atoms with E-state index < -0.39 is 12.1 Å². The highest BCUT2D eigenvalue weighted by Gasteiger charge is 2.35. The highest BCUT2D eigenvalue weighted by molar-refractivity contribution is 5.92. The normalized spacial score (nSPS) is 15.3. The minimum Gasteiger partial charge on any atom is -0.368 e. The average molecular weight is 545 g/mol. The second-order valence-corrected chi connectivity index (χ2v) is 10.4. The molecule has 0 radical (unpaired) electrons. The summed E-state index contributed by atoms with van der Waals surface area (Å²) in [6.45, 7) is 1.64. The first-order valence-electron chi connectivity index (χ1n) is 13.9. The molecule has 0 saturated carbocycles. The molecule has 2 N–H and O–H groups in total. The number of hydrogen-bond donors (Lipinski definition) is 2. The van der Waals surface area contributed by atoms with Crippen LogP contribution in [0.25, 0.3) is 10.8 Å². The summed E-state index contributed by atoms with van der Waals surface area (Å²) in [6, 6.07) is 22.2. The first-order valence-corrected chi connectivity index (χ1v) is 13.9. The van der Waals surface area contributed by atoms with E-state index in [4.69, 9.17) is 4.74 Å². The van der Waals surface area contributed by atoms with Gasteiger partial charge in [0.15, 0.2) is 0 Å². The van der Waals surface area contributed by atoms with Crippen molar-refractivity contribution < 1.29 is 19.1 Å². The van der Waals surface area contributed by atoms with Gasteiger partial charge in [0.25, 0.3) is 0 Å². The van der Waals surface area contributed by atoms with Crippen LogP contribution < -0.4 is 10.6 Å². The molecular weight excluding hydrogens is 504 g/mol. The van der Waals surface area contributed by atoms with Gasteiger partial charge in [-0.05, 0) is 47.8 Å². The predicted molar refractivity (Wildman–Crippen MR) is 157 cm³/mol. The number of hydrogen-bond acceptors (Lipinski definition) is 5. The van der Waals surface area contributed by atoms with Crippen LogP contribution in [0.3, 0.4) is 0 Å². The molecule has 2 unspecified atom stereocenters. The lowest BCUT2D eigenvalue weighted by atomic mass is 9.98. The second-order valence-electron chi connectivity index (χ2n) is 10.4. The Labute approximate surface area is 236 Å². The molecule has 8 heteroatoms. The molecule has 0 bridgehead atoms. The lowest BCUT2D eigenvalue weighted by molar-refractivity contribution is -0.150. The van der Waals surface area contributed by atoms with Crippen molar-refractivity contribution in [2.24, 2.45) is 0 Å². The second kappa shape index (κ2) is 14.1. The molecule has 0 spiro atoms. The quantitative estimate of drug-likeness (QED) is 0.388. The Kier molecular flexibility index (Phi) is 10.3. The number of carbonyl (C=O) groups is 3. The molecule has 3 aromatic rings. The zero-order chi connectivity index (χ0) is 28.5. The van der Waals surface area contributed by atoms with Crippen LogP contribution in [0.15, 0.2) is 72.8 Å². The van der Waals surface area contributed by atoms with Gasteiger partial charge in [-0.1, -0.05) is 72.8 Å². The van der Waals surface area contributed by atoms with Crippen molar-refractivity contribution >= 4 is 28.5 Å². The van der Waals surface area contributed by atoms with Crippen molar-refractivity contribution in [3.8, 4) is 0 Å². The van der Waals surface area contributed by atoms with Crippen molar-refractivity contribution in [2.45, 2.75) is 43.9 Å². The minimum atomic E-state index is -0.807. The van der Waals surface area contributed by atoms with Crippen LogP contribution in [-0.4, -0.2) is 86.5 Å². The summed E-state index contributed by atoms with van der Waals surface area (Å²) in [5.74, 6) is -0.812. The zero-order valence-electron chi connectivity index (χ0n) is 23.6. The summed E-state index contributed by atoms with van der Waals surface area (Å²) in [6.07, 6.45) is 2.41. The third-order valence-corrected chi connectivity index (χ3v) is 7.75. The monoisotopic (exact) mass is 544 g/mol. The number of nitrogens with one attached hydrogen (secondary N) is 2. The first-order chi connectivity index (χ1) is 19.4. The molecule has 8 nitrogen and oxygen atoms in total. The van der Waals surface area contributed by atoms with Crippen LogP contribution in [0.1, 0.15) is 24.0 Å². The van der Waals surface area contributed by atoms with Gasteiger partial charge in [-0.3, -0.25) is 14.4 Å². The summed E-state index contributed by atoms with van der Waals surface area (Å²) in [5, 5.41) is 8.16. The average Bonchev–Trinajstić information content (AvgIpc) is 3.00. The smallest absolute Gasteiger partial charge is 0.249 e. The van der Waals surface area contributed by atoms with E-state index in [1.807, 2.05) is 66.7 Å². The molecule has 40 heavy (non-hydrogen) atoms. The Balaban J connectivity index is 1.58. The van der Waals surface area contributed by atoms with E-state index in [9.17, 15) is 14.4 Å². The Bertz CT molecular complexity index is 1290. The third kappa shape index (κ3) is 7.46. The van der Waals surface area contributed by atoms with Gasteiger partial charge in [0.05, 0.1) is 6.10 Å². The van der Waals surface area contributed by atoms with Gasteiger partial charge in [0.2, 0.25) is 17.7 Å². The Morgan fingerprint density at radius 1 is 0.850 bits per heavy atom. The molecule has 1 aliphatic heterocycles. The summed E-state index contributed by atoms with van der Waals surface area (Å²) in [4.78, 5) is 43.4. The molecule has 4 rings (SSSR count). The number of benzene rings is 3. The Morgan fingerprint density at radius 2 is 1.50 bits per heavy atom. The minimum absolute atomic E-state index is 0.0272. The van der Waals surface area contributed by atoms with E-state index in [0.717, 1.165) is 47.8 Å². The van der Waals surface area contributed by atoms with Gasteiger partial charge in [0.1, 0.15) is 18.7 Å². The van der Waals surface area contributed by atoms with Gasteiger partial charge in [-0.2, -0.15) is 0 Å². The highest BCUT2D eigenvalue weighted by Crippen LogP contribution is 2.20. The van der Waals surface area contributed by atoms with E-state index in [-0.39, 0.29) is 30.4 Å². The van der Waals surface area contributed by atoms with Crippen LogP contribution in [0, 0.1) is 0 Å². The summed E-state index contributed by atoms with van der Waals surface area (Å²) in [5.41, 5.74) is 1.88. The third-order valence-electron chi connectivity index (χ3n) is 7.75. The molecule has 1 saturated heterocycles. The lowest BCUT2D eigenvalue weighted by Gasteiger charge is -2.35. The van der Waals surface area contributed by atoms with E-state index in [2.05, 4.69) is 16.7 Å². The maximum atomic E-state index is 14.1. The van der Waals surface area contributed by atoms with Crippen LogP contribution in [0.4, 0.5) is 0 Å². The molecule has 3 amide bonds. The number of ether oxygens (including phenoxy) is 1. The van der Waals surface area contributed by atoms with E-state index in [1.54, 1.807) is 21.1 Å². The van der Waals surface area contributed by atoms with Crippen LogP contribution in [-0.2, 0) is 32.0 Å². The molecule has 2 atom stereocenters. The van der Waals surface area contributed by atoms with E-state index >= 15 is 0 Å². The molecule has 3 aromatic carbocycles. The van der Waals surface area contributed by atoms with Crippen LogP contribution >= 0.6 is 0 Å². The Hall–Kier alpha value is -3.75. The summed E-state index contributed by atoms with van der Waals surface area (Å²) >= 11 is 0. The zero-order valence-corrected chi connectivity index (χ0v) is 23.6. The maximum Gasteiger partial charge on any atom is 0.249 e. The number of fused-ring (bicyclic) bond motifs is 1. The van der Waals surface area contributed by atoms with Crippen molar-refractivity contribution in [1.82, 2.24) is 20.4 Å². The number of nitrogens with zero attached hydrogens (tertiary/aromatic N) is 2. The molecule has 1 heterocycles. The molecule has 212 valence electrons. The number of amides is 3. The lowest BCUT2D eigenvalue weighted by Crippen LogP contribution is -2.56. The van der Waals surface area contributed by atoms with Gasteiger partial charge >= 0.3 is 0 Å². The van der Waals surface area contributed by atoms with Crippen LogP contribution in [0.5, 0.6) is 0 Å². The predicted octanol–water partition coefficient (Wildman–Crippen LogP) is 2.79. The number of piperidine rings is 1. The topological polar surface area (TPSA) is 91.0 Å². The van der Waals surface area contributed by atoms with Crippen LogP contribution in [0.2, 0.25) is 0 Å². The first kappa shape index (κ1) is 29.2. The highest BCUT2D eigenvalue weighted by atomic mass is 16.5. The number of carbonyl (C=O) groups excluding carboxylic acids is 3. The SMILES string of the molecule is CNC(=O)C(Cc1ccccc1)N(C)C(=O)C(Cc1ccc2ccccc2c1)N(C)C(=O)COC1CCNCC1. The standard InChI is InChI=1S/C32H40N4O4/c1-33-31(38)28(20-23-9-5-4-6-10-23)36(3)32(39)29(21-24-13-14-25-11-7-8-12-26(25)19-24)35(2)30(37)22-40-27-15-17-34-18-16-27/h4-14,19,27-29,34H,15-18,20-22H2,1-3H3,(H,33,38). The molecule has 1 fully saturated rings. The fourth-order valence-corrected chi connectivity index (χ4v) is 5.20. The van der Waals surface area contributed by atoms with Gasteiger partial charge < -0.3 is 25.2 Å². The van der Waals surface area contributed by atoms with Crippen molar-refractivity contribution in [1.29, 1.82) is 0 Å². The van der Waals surface area contributed by atoms with Crippen molar-refractivity contribution in [3.63, 3.8) is 0 Å². The fraction of sp³-hybridized carbons (Fsp3) is 0.406. The van der Waals surface area contributed by atoms with Gasteiger partial charge in [0, 0.05) is 34.0 Å².